The SMILES string of the molecule is OP1(O)(O)OCC2OC(N3C4=C(NC3Sc3ccc(Cl)cc3)C(Nc3ccccc3)N=CN4)C[C@@H]2O1. The number of thioether (sulfide) groups is 1. The summed E-state index contributed by atoms with van der Waals surface area (Å²) in [5.41, 5.74) is 1.45. The summed E-state index contributed by atoms with van der Waals surface area (Å²) >= 11 is 7.64. The van der Waals surface area contributed by atoms with E-state index in [4.69, 9.17) is 25.4 Å². The quantitative estimate of drug-likeness (QED) is 0.304. The second-order valence-electron chi connectivity index (χ2n) is 8.71. The Hall–Kier alpha value is -2.12. The van der Waals surface area contributed by atoms with Crippen molar-refractivity contribution in [3.63, 3.8) is 0 Å². The van der Waals surface area contributed by atoms with Crippen molar-refractivity contribution in [2.45, 2.75) is 41.4 Å². The van der Waals surface area contributed by atoms with E-state index in [1.54, 1.807) is 18.1 Å². The first kappa shape index (κ1) is 24.2. The number of para-hydroxylation sites is 1. The number of halogens is 1. The van der Waals surface area contributed by atoms with Crippen LogP contribution in [0.2, 0.25) is 5.02 Å². The van der Waals surface area contributed by atoms with Crippen molar-refractivity contribution in [2.24, 2.45) is 4.99 Å². The summed E-state index contributed by atoms with van der Waals surface area (Å²) < 4.78 is 16.3. The molecule has 2 saturated heterocycles. The summed E-state index contributed by atoms with van der Waals surface area (Å²) in [6.45, 7) is -0.197. The van der Waals surface area contributed by atoms with Crippen molar-refractivity contribution in [3.05, 3.63) is 71.1 Å². The number of nitrogens with zero attached hydrogens (tertiary/aromatic N) is 2. The van der Waals surface area contributed by atoms with E-state index < -0.39 is 26.2 Å². The number of anilines is 1. The zero-order valence-corrected chi connectivity index (χ0v) is 21.2. The summed E-state index contributed by atoms with van der Waals surface area (Å²) in [6.07, 6.45) is -0.303. The van der Waals surface area contributed by atoms with Gasteiger partial charge in [0.05, 0.1) is 0 Å². The van der Waals surface area contributed by atoms with Gasteiger partial charge in [-0.3, -0.25) is 0 Å². The first-order chi connectivity index (χ1) is 17.2. The molecule has 2 aromatic carbocycles. The Labute approximate surface area is 216 Å². The van der Waals surface area contributed by atoms with Crippen molar-refractivity contribution in [1.29, 1.82) is 0 Å². The molecule has 4 heterocycles. The van der Waals surface area contributed by atoms with Gasteiger partial charge in [0.15, 0.2) is 0 Å². The molecule has 2 aromatic rings. The minimum absolute atomic E-state index is 0.197. The van der Waals surface area contributed by atoms with Crippen LogP contribution < -0.4 is 16.0 Å². The van der Waals surface area contributed by atoms with Crippen LogP contribution in [-0.2, 0) is 13.8 Å². The van der Waals surface area contributed by atoms with Gasteiger partial charge in [-0.15, -0.1) is 0 Å². The molecule has 192 valence electrons. The molecular formula is C22H25ClN5O6PS. The van der Waals surface area contributed by atoms with Crippen LogP contribution >= 0.6 is 31.1 Å². The van der Waals surface area contributed by atoms with Crippen LogP contribution in [0, 0.1) is 0 Å². The molecule has 0 bridgehead atoms. The number of rotatable bonds is 5. The van der Waals surface area contributed by atoms with E-state index in [1.165, 1.54) is 0 Å². The summed E-state index contributed by atoms with van der Waals surface area (Å²) in [5, 5.41) is 10.9. The topological polar surface area (TPSA) is 140 Å². The average molecular weight is 554 g/mol. The van der Waals surface area contributed by atoms with E-state index in [0.29, 0.717) is 5.02 Å². The normalized spacial score (nSPS) is 33.1. The zero-order valence-electron chi connectivity index (χ0n) is 18.8. The summed E-state index contributed by atoms with van der Waals surface area (Å²) in [6, 6.07) is 17.3. The van der Waals surface area contributed by atoms with Crippen molar-refractivity contribution in [1.82, 2.24) is 15.5 Å². The molecule has 0 aliphatic carbocycles. The van der Waals surface area contributed by atoms with Crippen LogP contribution in [0.5, 0.6) is 0 Å². The first-order valence-corrected chi connectivity index (χ1v) is 14.5. The van der Waals surface area contributed by atoms with Crippen molar-refractivity contribution in [3.8, 4) is 0 Å². The molecule has 36 heavy (non-hydrogen) atoms. The molecule has 6 rings (SSSR count). The van der Waals surface area contributed by atoms with E-state index in [2.05, 4.69) is 20.9 Å². The molecule has 0 saturated carbocycles. The third-order valence-corrected chi connectivity index (χ3v) is 8.76. The predicted octanol–water partition coefficient (Wildman–Crippen LogP) is 2.50. The van der Waals surface area contributed by atoms with E-state index in [0.717, 1.165) is 22.1 Å². The van der Waals surface area contributed by atoms with Crippen LogP contribution in [0.25, 0.3) is 0 Å². The van der Waals surface area contributed by atoms with Gasteiger partial charge in [-0.1, -0.05) is 6.07 Å². The second kappa shape index (κ2) is 9.02. The van der Waals surface area contributed by atoms with Crippen LogP contribution in [0.1, 0.15) is 6.42 Å². The first-order valence-electron chi connectivity index (χ1n) is 11.3. The summed E-state index contributed by atoms with van der Waals surface area (Å²) in [5.74, 6) is 0.768. The number of ether oxygens (including phenoxy) is 1. The Morgan fingerprint density at radius 2 is 1.86 bits per heavy atom. The molecule has 0 radical (unpaired) electrons. The average Bonchev–Trinajstić information content (AvgIpc) is 3.40. The Morgan fingerprint density at radius 1 is 1.08 bits per heavy atom. The van der Waals surface area contributed by atoms with Gasteiger partial charge in [0.25, 0.3) is 0 Å². The third kappa shape index (κ3) is 4.89. The molecule has 4 unspecified atom stereocenters. The van der Waals surface area contributed by atoms with E-state index in [-0.39, 0.29) is 24.7 Å². The monoisotopic (exact) mass is 553 g/mol. The van der Waals surface area contributed by atoms with Gasteiger partial charge in [-0.2, -0.15) is 0 Å². The second-order valence-corrected chi connectivity index (χ2v) is 12.4. The van der Waals surface area contributed by atoms with Gasteiger partial charge in [-0.25, -0.2) is 0 Å². The number of nitrogens with one attached hydrogen (secondary N) is 3. The number of hydrogen-bond acceptors (Lipinski definition) is 12. The Bertz CT molecular complexity index is 1200. The zero-order chi connectivity index (χ0) is 24.9. The van der Waals surface area contributed by atoms with Crippen LogP contribution in [0.3, 0.4) is 0 Å². The van der Waals surface area contributed by atoms with Crippen LogP contribution in [0.4, 0.5) is 5.69 Å². The van der Waals surface area contributed by atoms with Gasteiger partial charge in [0.2, 0.25) is 0 Å². The molecule has 4 aliphatic rings. The Kier molecular flexibility index (Phi) is 6.07. The van der Waals surface area contributed by atoms with Crippen molar-refractivity contribution in [2.75, 3.05) is 11.9 Å². The maximum atomic E-state index is 9.92. The van der Waals surface area contributed by atoms with Gasteiger partial charge in [0.1, 0.15) is 0 Å². The fraction of sp³-hybridized carbons (Fsp3) is 0.318. The molecule has 4 aliphatic heterocycles. The Balaban J connectivity index is 1.29. The fourth-order valence-corrected chi connectivity index (χ4v) is 6.95. The number of hydrogen-bond donors (Lipinski definition) is 6. The molecule has 0 spiro atoms. The van der Waals surface area contributed by atoms with Crippen molar-refractivity contribution >= 4 is 43.1 Å². The van der Waals surface area contributed by atoms with Gasteiger partial charge < -0.3 is 0 Å². The summed E-state index contributed by atoms with van der Waals surface area (Å²) in [4.78, 5) is 37.4. The predicted molar refractivity (Wildman–Crippen MR) is 136 cm³/mol. The molecule has 2 fully saturated rings. The fourth-order valence-electron chi connectivity index (χ4n) is 4.56. The summed E-state index contributed by atoms with van der Waals surface area (Å²) in [7, 11) is -5.58. The van der Waals surface area contributed by atoms with Crippen molar-refractivity contribution < 1.29 is 28.5 Å². The Morgan fingerprint density at radius 3 is 2.64 bits per heavy atom. The van der Waals surface area contributed by atoms with Crippen LogP contribution in [-0.4, -0.2) is 62.6 Å². The van der Waals surface area contributed by atoms with Gasteiger partial charge >= 0.3 is 211 Å². The maximum absolute atomic E-state index is 9.92. The molecule has 6 N–H and O–H groups in total. The molecule has 5 atom stereocenters. The van der Waals surface area contributed by atoms with Crippen LogP contribution in [0.15, 0.2) is 76.0 Å². The van der Waals surface area contributed by atoms with Gasteiger partial charge in [0, 0.05) is 0 Å². The standard InChI is InChI=1S/C22H25ClN5O6PS/c23-13-6-8-15(9-7-13)36-22-27-19-20(26-14-4-2-1-3-5-14)24-12-25-21(19)28(22)18-10-16-17(33-18)11-32-35(29,30,31)34-16/h1-9,12,16-18,20,22,26-27,29-31H,10-11H2,(H,24,25)/t16-,17?,18?,20?,22?/m0/s1. The molecule has 0 amide bonds. The van der Waals surface area contributed by atoms with Gasteiger partial charge in [-0.05, 0) is 0 Å². The number of benzene rings is 2. The minimum atomic E-state index is -5.58. The molecule has 11 nitrogen and oxygen atoms in total. The number of fused-ring (bicyclic) bond motifs is 1. The molecule has 14 heteroatoms. The third-order valence-electron chi connectivity index (χ3n) is 6.16. The molecule has 0 aromatic heterocycles. The van der Waals surface area contributed by atoms with E-state index >= 15 is 0 Å². The van der Waals surface area contributed by atoms with E-state index in [1.807, 2.05) is 59.5 Å². The number of aliphatic imine (C=N–C) groups is 1. The molecular weight excluding hydrogens is 529 g/mol. The van der Waals surface area contributed by atoms with E-state index in [9.17, 15) is 14.7 Å².